The van der Waals surface area contributed by atoms with E-state index in [1.165, 1.54) is 33.4 Å². The van der Waals surface area contributed by atoms with E-state index >= 15 is 0 Å². The van der Waals surface area contributed by atoms with Crippen LogP contribution in [0.15, 0.2) is 170 Å². The van der Waals surface area contributed by atoms with E-state index in [0.29, 0.717) is 5.46 Å². The van der Waals surface area contributed by atoms with Crippen molar-refractivity contribution in [3.8, 4) is 33.4 Å². The number of nitrogens with zero attached hydrogens (tertiary/aromatic N) is 1. The number of hydrogen-bond acceptors (Lipinski definition) is 3. The Kier molecular flexibility index (Phi) is 9.32. The minimum absolute atomic E-state index is 0.106. The van der Waals surface area contributed by atoms with E-state index in [1.807, 2.05) is 25.1 Å². The van der Waals surface area contributed by atoms with E-state index < -0.39 is 7.12 Å². The first-order chi connectivity index (χ1) is 23.2. The van der Waals surface area contributed by atoms with Crippen LogP contribution in [0, 0.1) is 0 Å². The van der Waals surface area contributed by atoms with Crippen molar-refractivity contribution in [3.05, 3.63) is 182 Å². The van der Waals surface area contributed by atoms with Gasteiger partial charge in [-0.3, -0.25) is 0 Å². The fourth-order valence-corrected chi connectivity index (χ4v) is 6.38. The van der Waals surface area contributed by atoms with Gasteiger partial charge in [0.15, 0.2) is 0 Å². The van der Waals surface area contributed by atoms with Crippen molar-refractivity contribution in [3.63, 3.8) is 0 Å². The molecule has 0 atom stereocenters. The van der Waals surface area contributed by atoms with Gasteiger partial charge in [0.05, 0.1) is 0 Å². The molecule has 48 heavy (non-hydrogen) atoms. The lowest BCUT2D eigenvalue weighted by Gasteiger charge is -2.28. The number of rotatable bonds is 7. The highest BCUT2D eigenvalue weighted by molar-refractivity contribution is 6.58. The second kappa shape index (κ2) is 13.7. The summed E-state index contributed by atoms with van der Waals surface area (Å²) in [6, 6.07) is 50.7. The molecule has 7 rings (SSSR count). The molecule has 3 nitrogen and oxygen atoms in total. The van der Waals surface area contributed by atoms with E-state index in [0.717, 1.165) is 33.8 Å². The quantitative estimate of drug-likeness (QED) is 0.137. The van der Waals surface area contributed by atoms with Gasteiger partial charge in [-0.2, -0.15) is 0 Å². The molecule has 2 N–H and O–H groups in total. The van der Waals surface area contributed by atoms with Crippen LogP contribution < -0.4 is 10.4 Å². The van der Waals surface area contributed by atoms with Crippen LogP contribution in [0.2, 0.25) is 0 Å². The molecule has 1 aliphatic carbocycles. The third kappa shape index (κ3) is 6.54. The van der Waals surface area contributed by atoms with Gasteiger partial charge in [0.2, 0.25) is 0 Å². The Morgan fingerprint density at radius 3 is 1.77 bits per heavy atom. The third-order valence-corrected chi connectivity index (χ3v) is 9.05. The molecule has 0 unspecified atom stereocenters. The molecule has 236 valence electrons. The summed E-state index contributed by atoms with van der Waals surface area (Å²) in [5.41, 5.74) is 14.3. The van der Waals surface area contributed by atoms with Crippen molar-refractivity contribution in [1.82, 2.24) is 0 Å². The zero-order chi connectivity index (χ0) is 33.8. The molecular weight excluding hydrogens is 585 g/mol. The maximum Gasteiger partial charge on any atom is 0.488 e. The van der Waals surface area contributed by atoms with Gasteiger partial charge < -0.3 is 14.9 Å². The molecule has 0 amide bonds. The molecule has 1 aliphatic rings. The smallest absolute Gasteiger partial charge is 0.423 e. The van der Waals surface area contributed by atoms with Crippen molar-refractivity contribution >= 4 is 29.6 Å². The lowest BCUT2D eigenvalue weighted by atomic mass is 9.80. The molecule has 0 saturated heterocycles. The molecule has 0 aromatic heterocycles. The lowest BCUT2D eigenvalue weighted by molar-refractivity contribution is 0.426. The molecule has 0 fully saturated rings. The maximum absolute atomic E-state index is 9.56. The first kappa shape index (κ1) is 32.5. The summed E-state index contributed by atoms with van der Waals surface area (Å²) in [5, 5.41) is 19.1. The van der Waals surface area contributed by atoms with E-state index in [9.17, 15) is 10.0 Å². The second-order valence-electron chi connectivity index (χ2n) is 12.7. The highest BCUT2D eigenvalue weighted by Gasteiger charge is 2.35. The standard InChI is InChI=1S/C39H32BNO2.C5H8/c1-39(2)37-14-7-6-13-35(37)36-24-23-34(26-38(36)39)41(32-21-17-28(18-22-32)27-9-4-3-5-10-27)33-12-8-11-30(25-33)29-15-19-31(20-16-29)40(42)43;1-4-5(2)3/h3-26,42-43H,1-2H3;4H,1-2H2,3H3. The van der Waals surface area contributed by atoms with E-state index in [1.54, 1.807) is 18.2 Å². The summed E-state index contributed by atoms with van der Waals surface area (Å²) in [7, 11) is -1.48. The molecule has 0 aliphatic heterocycles. The Morgan fingerprint density at radius 1 is 0.583 bits per heavy atom. The SMILES string of the molecule is C=CC(=C)C.CC1(C)c2ccccc2-c2ccc(N(c3ccc(-c4ccccc4)cc3)c3cccc(-c4ccc(B(O)O)cc4)c3)cc21. The number of fused-ring (bicyclic) bond motifs is 3. The van der Waals surface area contributed by atoms with Gasteiger partial charge in [-0.1, -0.05) is 148 Å². The van der Waals surface area contributed by atoms with E-state index in [2.05, 4.69) is 147 Å². The third-order valence-electron chi connectivity index (χ3n) is 9.05. The summed E-state index contributed by atoms with van der Waals surface area (Å²) in [6.45, 7) is 13.6. The molecule has 6 aromatic carbocycles. The average Bonchev–Trinajstić information content (AvgIpc) is 3.35. The Labute approximate surface area is 284 Å². The summed E-state index contributed by atoms with van der Waals surface area (Å²) in [4.78, 5) is 2.32. The van der Waals surface area contributed by atoms with Crippen molar-refractivity contribution in [2.45, 2.75) is 26.2 Å². The average molecular weight is 626 g/mol. The zero-order valence-electron chi connectivity index (χ0n) is 27.8. The lowest BCUT2D eigenvalue weighted by Crippen LogP contribution is -2.29. The first-order valence-electron chi connectivity index (χ1n) is 16.2. The number of allylic oxidation sites excluding steroid dienone is 2. The number of anilines is 3. The molecule has 0 heterocycles. The van der Waals surface area contributed by atoms with Crippen LogP contribution in [-0.2, 0) is 5.41 Å². The molecule has 0 saturated carbocycles. The Hall–Kier alpha value is -5.42. The van der Waals surface area contributed by atoms with Gasteiger partial charge >= 0.3 is 7.12 Å². The first-order valence-corrected chi connectivity index (χ1v) is 16.2. The molecular formula is C44H40BNO2. The summed E-state index contributed by atoms with van der Waals surface area (Å²) in [5.74, 6) is 0. The van der Waals surface area contributed by atoms with Crippen LogP contribution in [0.4, 0.5) is 17.1 Å². The maximum atomic E-state index is 9.56. The van der Waals surface area contributed by atoms with E-state index in [-0.39, 0.29) is 5.41 Å². The van der Waals surface area contributed by atoms with Gasteiger partial charge in [-0.05, 0) is 93.3 Å². The van der Waals surface area contributed by atoms with Crippen molar-refractivity contribution in [2.75, 3.05) is 4.90 Å². The Balaban J connectivity index is 0.000000749. The van der Waals surface area contributed by atoms with E-state index in [4.69, 9.17) is 0 Å². The molecule has 0 bridgehead atoms. The van der Waals surface area contributed by atoms with Gasteiger partial charge in [0, 0.05) is 22.5 Å². The largest absolute Gasteiger partial charge is 0.488 e. The van der Waals surface area contributed by atoms with Gasteiger partial charge in [0.25, 0.3) is 0 Å². The van der Waals surface area contributed by atoms with Crippen LogP contribution in [0.25, 0.3) is 33.4 Å². The van der Waals surface area contributed by atoms with Crippen molar-refractivity contribution < 1.29 is 10.0 Å². The molecule has 0 spiro atoms. The highest BCUT2D eigenvalue weighted by atomic mass is 16.4. The fourth-order valence-electron chi connectivity index (χ4n) is 6.38. The summed E-state index contributed by atoms with van der Waals surface area (Å²) in [6.07, 6.45) is 1.72. The Bertz CT molecular complexity index is 2060. The molecule has 6 aromatic rings. The van der Waals surface area contributed by atoms with Gasteiger partial charge in [0.1, 0.15) is 0 Å². The highest BCUT2D eigenvalue weighted by Crippen LogP contribution is 2.50. The Morgan fingerprint density at radius 2 is 1.10 bits per heavy atom. The summed E-state index contributed by atoms with van der Waals surface area (Å²) >= 11 is 0. The van der Waals surface area contributed by atoms with Gasteiger partial charge in [-0.15, -0.1) is 0 Å². The van der Waals surface area contributed by atoms with Crippen LogP contribution >= 0.6 is 0 Å². The predicted molar refractivity (Wildman–Crippen MR) is 204 cm³/mol. The van der Waals surface area contributed by atoms with Crippen LogP contribution in [0.5, 0.6) is 0 Å². The van der Waals surface area contributed by atoms with Crippen molar-refractivity contribution in [1.29, 1.82) is 0 Å². The number of hydrogen-bond donors (Lipinski definition) is 2. The zero-order valence-corrected chi connectivity index (χ0v) is 27.8. The molecule has 0 radical (unpaired) electrons. The van der Waals surface area contributed by atoms with Crippen LogP contribution in [0.3, 0.4) is 0 Å². The van der Waals surface area contributed by atoms with Crippen LogP contribution in [0.1, 0.15) is 31.9 Å². The normalized spacial score (nSPS) is 12.2. The number of benzene rings is 6. The fraction of sp³-hybridized carbons (Fsp3) is 0.0909. The topological polar surface area (TPSA) is 43.7 Å². The van der Waals surface area contributed by atoms with Gasteiger partial charge in [-0.25, -0.2) is 0 Å². The summed E-state index contributed by atoms with van der Waals surface area (Å²) < 4.78 is 0. The predicted octanol–water partition coefficient (Wildman–Crippen LogP) is 10.2. The monoisotopic (exact) mass is 625 g/mol. The molecule has 4 heteroatoms. The second-order valence-corrected chi connectivity index (χ2v) is 12.7. The van der Waals surface area contributed by atoms with Crippen molar-refractivity contribution in [2.24, 2.45) is 0 Å². The minimum Gasteiger partial charge on any atom is -0.423 e. The minimum atomic E-state index is -1.48. The van der Waals surface area contributed by atoms with Crippen LogP contribution in [-0.4, -0.2) is 17.2 Å².